The van der Waals surface area contributed by atoms with E-state index in [1.165, 1.54) is 5.30 Å². The largest absolute Gasteiger partial charge is 0.244 e. The molecule has 1 rings (SSSR count). The SMILES string of the molecule is CCCP(C)(=S)c1ccc(Cl)nc1. The predicted molar refractivity (Wildman–Crippen MR) is 64.2 cm³/mol. The molecular formula is C9H13ClNPS. The molecule has 1 aromatic rings. The van der Waals surface area contributed by atoms with Crippen LogP contribution in [0.4, 0.5) is 0 Å². The Bertz CT molecular complexity index is 323. The van der Waals surface area contributed by atoms with Gasteiger partial charge >= 0.3 is 0 Å². The van der Waals surface area contributed by atoms with Crippen molar-refractivity contribution in [1.29, 1.82) is 0 Å². The molecule has 72 valence electrons. The molecule has 0 N–H and O–H groups in total. The van der Waals surface area contributed by atoms with Crippen LogP contribution in [0.3, 0.4) is 0 Å². The van der Waals surface area contributed by atoms with Crippen molar-refractivity contribution in [2.24, 2.45) is 0 Å². The zero-order chi connectivity index (χ0) is 9.90. The molecule has 0 saturated heterocycles. The summed E-state index contributed by atoms with van der Waals surface area (Å²) < 4.78 is 0. The fraction of sp³-hybridized carbons (Fsp3) is 0.444. The predicted octanol–water partition coefficient (Wildman–Crippen LogP) is 2.88. The molecule has 1 atom stereocenters. The lowest BCUT2D eigenvalue weighted by Crippen LogP contribution is -2.06. The Kier molecular flexibility index (Phi) is 3.90. The number of halogens is 1. The van der Waals surface area contributed by atoms with Crippen LogP contribution < -0.4 is 5.30 Å². The van der Waals surface area contributed by atoms with Gasteiger partial charge < -0.3 is 0 Å². The van der Waals surface area contributed by atoms with E-state index in [-0.39, 0.29) is 0 Å². The summed E-state index contributed by atoms with van der Waals surface area (Å²) in [5.41, 5.74) is 0. The molecule has 0 bridgehead atoms. The molecule has 4 heteroatoms. The fourth-order valence-electron chi connectivity index (χ4n) is 1.20. The van der Waals surface area contributed by atoms with Gasteiger partial charge in [0.25, 0.3) is 0 Å². The number of hydrogen-bond acceptors (Lipinski definition) is 2. The molecule has 0 aliphatic carbocycles. The maximum absolute atomic E-state index is 5.71. The number of hydrogen-bond donors (Lipinski definition) is 0. The Morgan fingerprint density at radius 1 is 1.54 bits per heavy atom. The Hall–Kier alpha value is 0.0900. The van der Waals surface area contributed by atoms with Crippen LogP contribution in [0, 0.1) is 0 Å². The van der Waals surface area contributed by atoms with Crippen molar-refractivity contribution in [2.45, 2.75) is 13.3 Å². The zero-order valence-electron chi connectivity index (χ0n) is 7.83. The zero-order valence-corrected chi connectivity index (χ0v) is 10.3. The van der Waals surface area contributed by atoms with Gasteiger partial charge in [0.15, 0.2) is 0 Å². The van der Waals surface area contributed by atoms with E-state index in [0.29, 0.717) is 5.15 Å². The first kappa shape index (κ1) is 11.2. The quantitative estimate of drug-likeness (QED) is 0.588. The van der Waals surface area contributed by atoms with Crippen LogP contribution in [0.2, 0.25) is 5.15 Å². The molecule has 1 unspecified atom stereocenters. The van der Waals surface area contributed by atoms with E-state index in [2.05, 4.69) is 18.6 Å². The van der Waals surface area contributed by atoms with Gasteiger partial charge in [-0.25, -0.2) is 4.98 Å². The molecule has 0 aliphatic rings. The maximum Gasteiger partial charge on any atom is 0.129 e. The molecule has 1 heterocycles. The van der Waals surface area contributed by atoms with Crippen LogP contribution in [0.5, 0.6) is 0 Å². The summed E-state index contributed by atoms with van der Waals surface area (Å²) in [7, 11) is 0. The maximum atomic E-state index is 5.71. The first-order valence-electron chi connectivity index (χ1n) is 4.25. The van der Waals surface area contributed by atoms with Crippen molar-refractivity contribution >= 4 is 34.8 Å². The highest BCUT2D eigenvalue weighted by atomic mass is 35.5. The van der Waals surface area contributed by atoms with Crippen LogP contribution in [0.15, 0.2) is 18.3 Å². The molecular weight excluding hydrogens is 221 g/mol. The van der Waals surface area contributed by atoms with Crippen molar-refractivity contribution in [3.8, 4) is 0 Å². The Morgan fingerprint density at radius 3 is 2.69 bits per heavy atom. The van der Waals surface area contributed by atoms with Crippen LogP contribution >= 0.6 is 17.6 Å². The second-order valence-corrected chi connectivity index (χ2v) is 9.13. The highest BCUT2D eigenvalue weighted by molar-refractivity contribution is 8.17. The molecule has 0 aromatic carbocycles. The standard InChI is InChI=1S/C9H13ClNPS/c1-3-6-12(2,13)8-4-5-9(10)11-7-8/h4-5,7H,3,6H2,1-2H3. The summed E-state index contributed by atoms with van der Waals surface area (Å²) in [4.78, 5) is 4.05. The third kappa shape index (κ3) is 3.05. The van der Waals surface area contributed by atoms with Crippen LogP contribution in [-0.4, -0.2) is 17.8 Å². The van der Waals surface area contributed by atoms with E-state index in [9.17, 15) is 0 Å². The average molecular weight is 234 g/mol. The minimum Gasteiger partial charge on any atom is -0.244 e. The smallest absolute Gasteiger partial charge is 0.129 e. The summed E-state index contributed by atoms with van der Waals surface area (Å²) >= 11 is 11.3. The van der Waals surface area contributed by atoms with Gasteiger partial charge in [0.05, 0.1) is 0 Å². The fourth-order valence-corrected chi connectivity index (χ4v) is 3.99. The number of aromatic nitrogens is 1. The van der Waals surface area contributed by atoms with Crippen LogP contribution in [-0.2, 0) is 11.8 Å². The Morgan fingerprint density at radius 2 is 2.23 bits per heavy atom. The topological polar surface area (TPSA) is 12.9 Å². The molecule has 0 saturated carbocycles. The first-order valence-corrected chi connectivity index (χ1v) is 8.06. The van der Waals surface area contributed by atoms with Gasteiger partial charge in [-0.15, -0.1) is 0 Å². The van der Waals surface area contributed by atoms with Gasteiger partial charge in [-0.05, 0) is 31.0 Å². The van der Waals surface area contributed by atoms with Gasteiger partial charge in [0, 0.05) is 11.5 Å². The van der Waals surface area contributed by atoms with Crippen LogP contribution in [0.25, 0.3) is 0 Å². The molecule has 13 heavy (non-hydrogen) atoms. The van der Waals surface area contributed by atoms with Crippen molar-refractivity contribution in [3.05, 3.63) is 23.5 Å². The van der Waals surface area contributed by atoms with Crippen LogP contribution in [0.1, 0.15) is 13.3 Å². The highest BCUT2D eigenvalue weighted by Crippen LogP contribution is 2.40. The monoisotopic (exact) mass is 233 g/mol. The first-order chi connectivity index (χ1) is 6.06. The third-order valence-electron chi connectivity index (χ3n) is 1.91. The molecule has 0 radical (unpaired) electrons. The summed E-state index contributed by atoms with van der Waals surface area (Å²) in [5, 5.41) is 1.73. The van der Waals surface area contributed by atoms with E-state index in [1.807, 2.05) is 18.3 Å². The average Bonchev–Trinajstić information content (AvgIpc) is 2.05. The van der Waals surface area contributed by atoms with Crippen molar-refractivity contribution in [1.82, 2.24) is 4.98 Å². The summed E-state index contributed by atoms with van der Waals surface area (Å²) in [6, 6.07) is 2.47. The van der Waals surface area contributed by atoms with E-state index in [0.717, 1.165) is 12.6 Å². The molecule has 0 aliphatic heterocycles. The van der Waals surface area contributed by atoms with Crippen molar-refractivity contribution < 1.29 is 0 Å². The van der Waals surface area contributed by atoms with Gasteiger partial charge in [-0.1, -0.05) is 36.8 Å². The summed E-state index contributed by atoms with van der Waals surface area (Å²) in [5.74, 6) is 0. The summed E-state index contributed by atoms with van der Waals surface area (Å²) in [6.07, 6.45) is 4.06. The molecule has 0 amide bonds. The third-order valence-corrected chi connectivity index (χ3v) is 5.97. The molecule has 0 fully saturated rings. The lowest BCUT2D eigenvalue weighted by Gasteiger charge is -2.15. The van der Waals surface area contributed by atoms with Gasteiger partial charge in [0.1, 0.15) is 5.15 Å². The normalized spacial score (nSPS) is 15.3. The number of pyridine rings is 1. The lowest BCUT2D eigenvalue weighted by molar-refractivity contribution is 1.10. The molecule has 1 aromatic heterocycles. The van der Waals surface area contributed by atoms with Gasteiger partial charge in [0.2, 0.25) is 0 Å². The molecule has 0 spiro atoms. The minimum absolute atomic E-state index is 0.537. The number of nitrogens with zero attached hydrogens (tertiary/aromatic N) is 1. The Labute approximate surface area is 89.5 Å². The summed E-state index contributed by atoms with van der Waals surface area (Å²) in [6.45, 7) is 4.32. The number of rotatable bonds is 3. The Balaban J connectivity index is 2.94. The molecule has 1 nitrogen and oxygen atoms in total. The van der Waals surface area contributed by atoms with E-state index < -0.39 is 6.04 Å². The lowest BCUT2D eigenvalue weighted by atomic mass is 10.5. The minimum atomic E-state index is -1.35. The van der Waals surface area contributed by atoms with Crippen molar-refractivity contribution in [2.75, 3.05) is 12.8 Å². The van der Waals surface area contributed by atoms with Gasteiger partial charge in [-0.3, -0.25) is 0 Å². The van der Waals surface area contributed by atoms with Crippen molar-refractivity contribution in [3.63, 3.8) is 0 Å². The van der Waals surface area contributed by atoms with E-state index >= 15 is 0 Å². The van der Waals surface area contributed by atoms with E-state index in [1.54, 1.807) is 0 Å². The second-order valence-electron chi connectivity index (χ2n) is 3.16. The van der Waals surface area contributed by atoms with E-state index in [4.69, 9.17) is 23.4 Å². The second kappa shape index (κ2) is 4.54. The van der Waals surface area contributed by atoms with Gasteiger partial charge in [-0.2, -0.15) is 0 Å². The highest BCUT2D eigenvalue weighted by Gasteiger charge is 2.11.